The van der Waals surface area contributed by atoms with Crippen molar-refractivity contribution in [2.75, 3.05) is 0 Å². The van der Waals surface area contributed by atoms with Gasteiger partial charge in [0.15, 0.2) is 0 Å². The molecular weight excluding hydrogens is 216 g/mol. The van der Waals surface area contributed by atoms with E-state index in [4.69, 9.17) is 0 Å². The van der Waals surface area contributed by atoms with Gasteiger partial charge in [-0.15, -0.1) is 0 Å². The first-order valence-corrected chi connectivity index (χ1v) is 6.42. The zero-order chi connectivity index (χ0) is 11.5. The average molecular weight is 237 g/mol. The molecule has 1 fully saturated rings. The summed E-state index contributed by atoms with van der Waals surface area (Å²) in [5, 5.41) is 0. The van der Waals surface area contributed by atoms with Crippen LogP contribution in [0.2, 0.25) is 0 Å². The van der Waals surface area contributed by atoms with Gasteiger partial charge in [-0.2, -0.15) is 0 Å². The first-order chi connectivity index (χ1) is 6.88. The molecule has 1 nitrogen and oxygen atoms in total. The van der Waals surface area contributed by atoms with Gasteiger partial charge in [-0.3, -0.25) is 4.72 Å². The molecule has 90 valence electrons. The standard InChI is InChI=1S/C11H21F2NS/c1-11(2,3)15-14-9(8-4-5-8)6-7-10(12)13/h8-10,14H,4-7H2,1-3H3. The average Bonchev–Trinajstić information content (AvgIpc) is 2.85. The van der Waals surface area contributed by atoms with Gasteiger partial charge in [-0.25, -0.2) is 8.78 Å². The molecule has 0 aromatic heterocycles. The summed E-state index contributed by atoms with van der Waals surface area (Å²) in [6, 6.07) is 0.281. The molecule has 1 unspecified atom stereocenters. The van der Waals surface area contributed by atoms with Crippen molar-refractivity contribution >= 4 is 11.9 Å². The fourth-order valence-electron chi connectivity index (χ4n) is 1.45. The van der Waals surface area contributed by atoms with Gasteiger partial charge in [0.25, 0.3) is 0 Å². The maximum absolute atomic E-state index is 12.1. The maximum Gasteiger partial charge on any atom is 0.238 e. The van der Waals surface area contributed by atoms with E-state index in [2.05, 4.69) is 25.5 Å². The predicted molar refractivity (Wildman–Crippen MR) is 62.2 cm³/mol. The van der Waals surface area contributed by atoms with Crippen molar-refractivity contribution in [2.24, 2.45) is 5.92 Å². The van der Waals surface area contributed by atoms with E-state index >= 15 is 0 Å². The summed E-state index contributed by atoms with van der Waals surface area (Å²) >= 11 is 1.67. The van der Waals surface area contributed by atoms with Crippen LogP contribution in [0.4, 0.5) is 8.78 Å². The van der Waals surface area contributed by atoms with E-state index in [1.807, 2.05) is 0 Å². The second-order valence-corrected chi connectivity index (χ2v) is 6.91. The zero-order valence-electron chi connectivity index (χ0n) is 9.72. The summed E-state index contributed by atoms with van der Waals surface area (Å²) < 4.78 is 27.7. The molecule has 0 saturated heterocycles. The lowest BCUT2D eigenvalue weighted by Crippen LogP contribution is -2.30. The van der Waals surface area contributed by atoms with Crippen LogP contribution in [0.25, 0.3) is 0 Å². The summed E-state index contributed by atoms with van der Waals surface area (Å²) in [6.45, 7) is 6.38. The smallest absolute Gasteiger partial charge is 0.238 e. The van der Waals surface area contributed by atoms with Crippen LogP contribution in [0.5, 0.6) is 0 Å². The van der Waals surface area contributed by atoms with Crippen LogP contribution < -0.4 is 4.72 Å². The van der Waals surface area contributed by atoms with E-state index in [1.165, 1.54) is 12.8 Å². The number of rotatable bonds is 6. The minimum absolute atomic E-state index is 0.0267. The zero-order valence-corrected chi connectivity index (χ0v) is 10.5. The highest BCUT2D eigenvalue weighted by Crippen LogP contribution is 2.36. The number of alkyl halides is 2. The summed E-state index contributed by atoms with van der Waals surface area (Å²) in [4.78, 5) is 0. The lowest BCUT2D eigenvalue weighted by molar-refractivity contribution is 0.130. The van der Waals surface area contributed by atoms with E-state index in [9.17, 15) is 8.78 Å². The van der Waals surface area contributed by atoms with Crippen molar-refractivity contribution in [1.29, 1.82) is 0 Å². The van der Waals surface area contributed by atoms with Crippen LogP contribution in [-0.4, -0.2) is 17.2 Å². The quantitative estimate of drug-likeness (QED) is 0.704. The first kappa shape index (κ1) is 13.2. The third kappa shape index (κ3) is 6.36. The highest BCUT2D eigenvalue weighted by Gasteiger charge is 2.32. The Hall–Kier alpha value is 0.170. The van der Waals surface area contributed by atoms with Crippen molar-refractivity contribution in [3.63, 3.8) is 0 Å². The summed E-state index contributed by atoms with van der Waals surface area (Å²) in [5.74, 6) is 0.638. The molecule has 4 heteroatoms. The minimum atomic E-state index is -2.16. The number of halogens is 2. The number of nitrogens with one attached hydrogen (secondary N) is 1. The van der Waals surface area contributed by atoms with E-state index in [0.717, 1.165) is 0 Å². The summed E-state index contributed by atoms with van der Waals surface area (Å²) in [5.41, 5.74) is 0. The topological polar surface area (TPSA) is 12.0 Å². The molecule has 1 rings (SSSR count). The van der Waals surface area contributed by atoms with Crippen LogP contribution in [-0.2, 0) is 0 Å². The summed E-state index contributed by atoms with van der Waals surface area (Å²) in [7, 11) is 0. The molecule has 0 bridgehead atoms. The highest BCUT2D eigenvalue weighted by molar-refractivity contribution is 7.98. The number of hydrogen-bond donors (Lipinski definition) is 1. The molecular formula is C11H21F2NS. The lowest BCUT2D eigenvalue weighted by Gasteiger charge is -2.24. The van der Waals surface area contributed by atoms with Crippen LogP contribution in [0.3, 0.4) is 0 Å². The molecule has 1 saturated carbocycles. The molecule has 0 spiro atoms. The van der Waals surface area contributed by atoms with Crippen molar-refractivity contribution in [2.45, 2.75) is 63.7 Å². The van der Waals surface area contributed by atoms with Gasteiger partial charge in [0.2, 0.25) is 6.43 Å². The number of hydrogen-bond acceptors (Lipinski definition) is 2. The van der Waals surface area contributed by atoms with E-state index in [-0.39, 0.29) is 17.2 Å². The van der Waals surface area contributed by atoms with Gasteiger partial charge in [-0.1, -0.05) is 11.9 Å². The molecule has 15 heavy (non-hydrogen) atoms. The van der Waals surface area contributed by atoms with Gasteiger partial charge in [0, 0.05) is 17.2 Å². The fourth-order valence-corrected chi connectivity index (χ4v) is 2.26. The molecule has 0 aromatic rings. The molecule has 0 heterocycles. The molecule has 1 aliphatic carbocycles. The van der Waals surface area contributed by atoms with Crippen LogP contribution in [0.1, 0.15) is 46.5 Å². The third-order valence-corrected chi connectivity index (χ3v) is 3.44. The van der Waals surface area contributed by atoms with Crippen molar-refractivity contribution in [1.82, 2.24) is 4.72 Å². The molecule has 0 aromatic carbocycles. The van der Waals surface area contributed by atoms with Crippen LogP contribution in [0, 0.1) is 5.92 Å². The Bertz CT molecular complexity index is 188. The second-order valence-electron chi connectivity index (χ2n) is 5.24. The Morgan fingerprint density at radius 2 is 1.87 bits per heavy atom. The molecule has 0 radical (unpaired) electrons. The van der Waals surface area contributed by atoms with Gasteiger partial charge in [-0.05, 0) is 46.0 Å². The summed E-state index contributed by atoms with van der Waals surface area (Å²) in [6.07, 6.45) is 0.870. The monoisotopic (exact) mass is 237 g/mol. The van der Waals surface area contributed by atoms with Crippen molar-refractivity contribution < 1.29 is 8.78 Å². The van der Waals surface area contributed by atoms with Crippen LogP contribution >= 0.6 is 11.9 Å². The molecule has 0 aliphatic heterocycles. The van der Waals surface area contributed by atoms with Gasteiger partial charge < -0.3 is 0 Å². The molecule has 1 aliphatic rings. The van der Waals surface area contributed by atoms with E-state index in [0.29, 0.717) is 12.3 Å². The normalized spacial score (nSPS) is 19.6. The second kappa shape index (κ2) is 5.48. The lowest BCUT2D eigenvalue weighted by atomic mass is 10.1. The van der Waals surface area contributed by atoms with E-state index in [1.54, 1.807) is 11.9 Å². The van der Waals surface area contributed by atoms with Crippen LogP contribution in [0.15, 0.2) is 0 Å². The predicted octanol–water partition coefficient (Wildman–Crippen LogP) is 3.85. The third-order valence-electron chi connectivity index (χ3n) is 2.40. The fraction of sp³-hybridized carbons (Fsp3) is 1.00. The minimum Gasteiger partial charge on any atom is -0.260 e. The first-order valence-electron chi connectivity index (χ1n) is 5.60. The van der Waals surface area contributed by atoms with Gasteiger partial charge in [0.05, 0.1) is 0 Å². The largest absolute Gasteiger partial charge is 0.260 e. The Balaban J connectivity index is 2.25. The van der Waals surface area contributed by atoms with Crippen molar-refractivity contribution in [3.8, 4) is 0 Å². The Morgan fingerprint density at radius 1 is 1.27 bits per heavy atom. The Kier molecular flexibility index (Phi) is 4.84. The molecule has 1 atom stereocenters. The Morgan fingerprint density at radius 3 is 2.27 bits per heavy atom. The molecule has 1 N–H and O–H groups in total. The van der Waals surface area contributed by atoms with Gasteiger partial charge in [0.1, 0.15) is 0 Å². The van der Waals surface area contributed by atoms with Crippen molar-refractivity contribution in [3.05, 3.63) is 0 Å². The SMILES string of the molecule is CC(C)(C)SNC(CCC(F)F)C1CC1. The Labute approximate surface area is 95.5 Å². The highest BCUT2D eigenvalue weighted by atomic mass is 32.2. The maximum atomic E-state index is 12.1. The molecule has 0 amide bonds. The van der Waals surface area contributed by atoms with Gasteiger partial charge >= 0.3 is 0 Å². The van der Waals surface area contributed by atoms with E-state index < -0.39 is 6.43 Å².